The normalized spacial score (nSPS) is 15.7. The Labute approximate surface area is 155 Å². The van der Waals surface area contributed by atoms with E-state index in [1.54, 1.807) is 18.7 Å². The second kappa shape index (κ2) is 7.01. The van der Waals surface area contributed by atoms with Crippen molar-refractivity contribution < 1.29 is 4.79 Å². The third-order valence-electron chi connectivity index (χ3n) is 4.31. The zero-order chi connectivity index (χ0) is 18.1. The summed E-state index contributed by atoms with van der Waals surface area (Å²) in [6.45, 7) is 5.11. The van der Waals surface area contributed by atoms with Crippen molar-refractivity contribution in [2.24, 2.45) is 5.73 Å². The SMILES string of the molecule is C/C(N)=C(\C)c1c(N)sc(C(=O)N2CC(Sc3ccccc3)C2)c1N. The number of nitrogens with two attached hydrogens (primary N) is 3. The summed E-state index contributed by atoms with van der Waals surface area (Å²) < 4.78 is 0. The summed E-state index contributed by atoms with van der Waals surface area (Å²) in [6.07, 6.45) is 0. The molecule has 7 heteroatoms. The molecule has 2 aromatic rings. The van der Waals surface area contributed by atoms with Crippen LogP contribution in [0.5, 0.6) is 0 Å². The predicted molar refractivity (Wildman–Crippen MR) is 108 cm³/mol. The average molecular weight is 375 g/mol. The predicted octanol–water partition coefficient (Wildman–Crippen LogP) is 3.24. The van der Waals surface area contributed by atoms with Crippen LogP contribution < -0.4 is 17.2 Å². The van der Waals surface area contributed by atoms with Gasteiger partial charge < -0.3 is 22.1 Å². The van der Waals surface area contributed by atoms with E-state index in [-0.39, 0.29) is 5.91 Å². The number of carbonyl (C=O) groups excluding carboxylic acids is 1. The monoisotopic (exact) mass is 374 g/mol. The van der Waals surface area contributed by atoms with Gasteiger partial charge in [-0.15, -0.1) is 23.1 Å². The quantitative estimate of drug-likeness (QED) is 0.763. The Morgan fingerprint density at radius 3 is 2.44 bits per heavy atom. The lowest BCUT2D eigenvalue weighted by molar-refractivity contribution is 0.0670. The van der Waals surface area contributed by atoms with E-state index in [1.165, 1.54) is 16.2 Å². The molecule has 1 fully saturated rings. The summed E-state index contributed by atoms with van der Waals surface area (Å²) in [5, 5.41) is 0.955. The van der Waals surface area contributed by atoms with Crippen molar-refractivity contribution in [1.29, 1.82) is 0 Å². The van der Waals surface area contributed by atoms with Crippen LogP contribution in [-0.2, 0) is 0 Å². The number of rotatable bonds is 4. The largest absolute Gasteiger partial charge is 0.402 e. The number of thioether (sulfide) groups is 1. The molecule has 25 heavy (non-hydrogen) atoms. The molecular weight excluding hydrogens is 352 g/mol. The van der Waals surface area contributed by atoms with E-state index < -0.39 is 0 Å². The molecule has 1 aliphatic heterocycles. The Hall–Kier alpha value is -2.12. The van der Waals surface area contributed by atoms with Gasteiger partial charge in [0.25, 0.3) is 5.91 Å². The van der Waals surface area contributed by atoms with Gasteiger partial charge in [0.2, 0.25) is 0 Å². The van der Waals surface area contributed by atoms with E-state index in [1.807, 2.05) is 30.0 Å². The molecule has 2 heterocycles. The van der Waals surface area contributed by atoms with E-state index in [9.17, 15) is 4.79 Å². The molecule has 3 rings (SSSR count). The summed E-state index contributed by atoms with van der Waals surface area (Å²) in [7, 11) is 0. The van der Waals surface area contributed by atoms with Crippen molar-refractivity contribution >= 4 is 45.3 Å². The van der Waals surface area contributed by atoms with Gasteiger partial charge in [-0.1, -0.05) is 18.2 Å². The summed E-state index contributed by atoms with van der Waals surface area (Å²) in [4.78, 5) is 16.3. The van der Waals surface area contributed by atoms with Crippen LogP contribution in [-0.4, -0.2) is 29.1 Å². The average Bonchev–Trinajstić information content (AvgIpc) is 2.85. The van der Waals surface area contributed by atoms with Gasteiger partial charge in [0, 0.05) is 34.5 Å². The molecule has 6 N–H and O–H groups in total. The highest BCUT2D eigenvalue weighted by Crippen LogP contribution is 2.40. The molecule has 132 valence electrons. The van der Waals surface area contributed by atoms with Gasteiger partial charge >= 0.3 is 0 Å². The zero-order valence-electron chi connectivity index (χ0n) is 14.3. The molecule has 0 radical (unpaired) electrons. The number of nitrogens with zero attached hydrogens (tertiary/aromatic N) is 1. The minimum atomic E-state index is -0.0483. The van der Waals surface area contributed by atoms with E-state index in [0.29, 0.717) is 32.1 Å². The van der Waals surface area contributed by atoms with Gasteiger partial charge in [-0.25, -0.2) is 0 Å². The van der Waals surface area contributed by atoms with E-state index in [2.05, 4.69) is 12.1 Å². The van der Waals surface area contributed by atoms with Crippen molar-refractivity contribution in [2.75, 3.05) is 24.6 Å². The van der Waals surface area contributed by atoms with Gasteiger partial charge in [-0.05, 0) is 31.6 Å². The number of carbonyl (C=O) groups is 1. The Bertz CT molecular complexity index is 819. The number of likely N-dealkylation sites (tertiary alicyclic amines) is 1. The lowest BCUT2D eigenvalue weighted by Gasteiger charge is -2.38. The second-order valence-corrected chi connectivity index (χ2v) is 8.58. The van der Waals surface area contributed by atoms with E-state index >= 15 is 0 Å². The van der Waals surface area contributed by atoms with Crippen LogP contribution in [0.2, 0.25) is 0 Å². The molecule has 1 aliphatic rings. The third-order valence-corrected chi connectivity index (χ3v) is 6.51. The minimum Gasteiger partial charge on any atom is -0.402 e. The Kier molecular flexibility index (Phi) is 4.96. The lowest BCUT2D eigenvalue weighted by atomic mass is 10.1. The van der Waals surface area contributed by atoms with E-state index in [4.69, 9.17) is 17.2 Å². The number of amides is 1. The summed E-state index contributed by atoms with van der Waals surface area (Å²) in [5.74, 6) is -0.0483. The molecule has 1 saturated heterocycles. The van der Waals surface area contributed by atoms with E-state index in [0.717, 1.165) is 18.7 Å². The fraction of sp³-hybridized carbons (Fsp3) is 0.278. The van der Waals surface area contributed by atoms with Crippen LogP contribution in [0.1, 0.15) is 29.1 Å². The Balaban J connectivity index is 1.69. The van der Waals surface area contributed by atoms with Gasteiger partial charge in [0.1, 0.15) is 4.88 Å². The molecule has 0 bridgehead atoms. The van der Waals surface area contributed by atoms with Gasteiger partial charge in [-0.3, -0.25) is 4.79 Å². The molecule has 0 spiro atoms. The number of hydrogen-bond donors (Lipinski definition) is 3. The van der Waals surface area contributed by atoms with Gasteiger partial charge in [-0.2, -0.15) is 0 Å². The van der Waals surface area contributed by atoms with Crippen molar-refractivity contribution in [1.82, 2.24) is 4.90 Å². The molecule has 1 aromatic heterocycles. The molecule has 1 amide bonds. The van der Waals surface area contributed by atoms with Gasteiger partial charge in [0.05, 0.1) is 10.7 Å². The summed E-state index contributed by atoms with van der Waals surface area (Å²) in [6, 6.07) is 10.2. The highest BCUT2D eigenvalue weighted by Gasteiger charge is 2.34. The van der Waals surface area contributed by atoms with Crippen molar-refractivity contribution in [3.8, 4) is 0 Å². The molecule has 1 aromatic carbocycles. The molecule has 5 nitrogen and oxygen atoms in total. The highest BCUT2D eigenvalue weighted by atomic mass is 32.2. The maximum absolute atomic E-state index is 12.7. The zero-order valence-corrected chi connectivity index (χ0v) is 15.9. The van der Waals surface area contributed by atoms with Crippen LogP contribution in [0.4, 0.5) is 10.7 Å². The first-order valence-corrected chi connectivity index (χ1v) is 9.70. The lowest BCUT2D eigenvalue weighted by Crippen LogP contribution is -2.51. The number of hydrogen-bond acceptors (Lipinski definition) is 6. The number of thiophene rings is 1. The smallest absolute Gasteiger partial charge is 0.266 e. The number of benzene rings is 1. The van der Waals surface area contributed by atoms with Crippen LogP contribution in [0, 0.1) is 0 Å². The number of nitrogen functional groups attached to an aromatic ring is 2. The first-order chi connectivity index (χ1) is 11.9. The molecule has 0 atom stereocenters. The van der Waals surface area contributed by atoms with Crippen molar-refractivity contribution in [3.63, 3.8) is 0 Å². The van der Waals surface area contributed by atoms with Gasteiger partial charge in [0.15, 0.2) is 0 Å². The number of allylic oxidation sites excluding steroid dienone is 2. The Morgan fingerprint density at radius 1 is 1.20 bits per heavy atom. The van der Waals surface area contributed by atoms with Crippen LogP contribution >= 0.6 is 23.1 Å². The second-order valence-electron chi connectivity index (χ2n) is 6.16. The number of anilines is 2. The summed E-state index contributed by atoms with van der Waals surface area (Å²) >= 11 is 3.04. The van der Waals surface area contributed by atoms with Crippen molar-refractivity contribution in [2.45, 2.75) is 24.0 Å². The van der Waals surface area contributed by atoms with Crippen LogP contribution in [0.3, 0.4) is 0 Å². The third kappa shape index (κ3) is 3.48. The van der Waals surface area contributed by atoms with Crippen LogP contribution in [0.25, 0.3) is 5.57 Å². The molecule has 0 aliphatic carbocycles. The highest BCUT2D eigenvalue weighted by molar-refractivity contribution is 8.00. The molecule has 0 unspecified atom stereocenters. The Morgan fingerprint density at radius 2 is 1.84 bits per heavy atom. The first kappa shape index (κ1) is 17.7. The fourth-order valence-corrected chi connectivity index (χ4v) is 4.94. The standard InChI is InChI=1S/C18H22N4OS2/c1-10(11(2)19)14-15(20)16(25-17(14)21)18(23)22-8-13(9-22)24-12-6-4-3-5-7-12/h3-7,13H,8-9,19-21H2,1-2H3/b11-10-. The topological polar surface area (TPSA) is 98.4 Å². The first-order valence-electron chi connectivity index (χ1n) is 8.00. The summed E-state index contributed by atoms with van der Waals surface area (Å²) in [5.41, 5.74) is 20.8. The fourth-order valence-electron chi connectivity index (χ4n) is 2.72. The maximum atomic E-state index is 12.7. The van der Waals surface area contributed by atoms with Crippen molar-refractivity contribution in [3.05, 3.63) is 46.5 Å². The van der Waals surface area contributed by atoms with Crippen LogP contribution in [0.15, 0.2) is 40.9 Å². The maximum Gasteiger partial charge on any atom is 0.266 e. The molecule has 0 saturated carbocycles. The minimum absolute atomic E-state index is 0.0483. The molecular formula is C18H22N4OS2.